The highest BCUT2D eigenvalue weighted by molar-refractivity contribution is 5.87. The van der Waals surface area contributed by atoms with Crippen LogP contribution >= 0.6 is 0 Å². The molecule has 2 fully saturated rings. The third-order valence-corrected chi connectivity index (χ3v) is 6.52. The second-order valence-electron chi connectivity index (χ2n) is 8.57. The monoisotopic (exact) mass is 338 g/mol. The van der Waals surface area contributed by atoms with E-state index in [1.165, 1.54) is 19.3 Å². The maximum absolute atomic E-state index is 11.5. The Balaban J connectivity index is 1.72. The number of hydrogen-bond donors (Lipinski definition) is 0. The molecule has 5 atom stereocenters. The molecule has 0 spiro atoms. The molecule has 0 N–H and O–H groups in total. The van der Waals surface area contributed by atoms with Crippen molar-refractivity contribution in [3.63, 3.8) is 0 Å². The van der Waals surface area contributed by atoms with Gasteiger partial charge in [-0.2, -0.15) is 0 Å². The number of rotatable bonds is 8. The molecule has 2 aliphatic rings. The minimum absolute atomic E-state index is 0.0122. The van der Waals surface area contributed by atoms with Gasteiger partial charge in [0.1, 0.15) is 6.10 Å². The summed E-state index contributed by atoms with van der Waals surface area (Å²) in [7, 11) is 0. The lowest BCUT2D eigenvalue weighted by atomic mass is 9.70. The van der Waals surface area contributed by atoms with E-state index >= 15 is 0 Å². The van der Waals surface area contributed by atoms with Crippen molar-refractivity contribution < 1.29 is 19.0 Å². The van der Waals surface area contributed by atoms with Crippen LogP contribution < -0.4 is 0 Å². The van der Waals surface area contributed by atoms with Crippen LogP contribution in [0.15, 0.2) is 12.2 Å². The highest BCUT2D eigenvalue weighted by Crippen LogP contribution is 2.66. The minimum atomic E-state index is -0.368. The van der Waals surface area contributed by atoms with Gasteiger partial charge in [0.05, 0.1) is 25.4 Å². The highest BCUT2D eigenvalue weighted by Gasteiger charge is 2.61. The average molecular weight is 338 g/mol. The standard InChI is InChI=1S/C20H34O4/c1-13(2)18(21)24-15(4)12-22-14(3)11-23-17-10-16-8-9-20(17,7)19(16,5)6/h14-17H,1,8-12H2,2-7H3. The fourth-order valence-electron chi connectivity index (χ4n) is 4.30. The number of esters is 1. The lowest BCUT2D eigenvalue weighted by Gasteiger charge is -2.39. The Bertz CT molecular complexity index is 484. The maximum atomic E-state index is 11.5. The number of ether oxygens (including phenoxy) is 3. The molecule has 2 saturated carbocycles. The molecule has 5 unspecified atom stereocenters. The summed E-state index contributed by atoms with van der Waals surface area (Å²) in [5, 5.41) is 0. The van der Waals surface area contributed by atoms with Crippen LogP contribution in [0.25, 0.3) is 0 Å². The van der Waals surface area contributed by atoms with Crippen LogP contribution in [0.5, 0.6) is 0 Å². The summed E-state index contributed by atoms with van der Waals surface area (Å²) in [5.74, 6) is 0.414. The smallest absolute Gasteiger partial charge is 0.333 e. The molecule has 138 valence electrons. The van der Waals surface area contributed by atoms with Crippen molar-refractivity contribution in [3.8, 4) is 0 Å². The molecule has 0 aromatic rings. The van der Waals surface area contributed by atoms with Crippen molar-refractivity contribution in [2.45, 2.75) is 79.1 Å². The average Bonchev–Trinajstić information content (AvgIpc) is 2.83. The van der Waals surface area contributed by atoms with Gasteiger partial charge < -0.3 is 14.2 Å². The second kappa shape index (κ2) is 7.17. The summed E-state index contributed by atoms with van der Waals surface area (Å²) >= 11 is 0. The van der Waals surface area contributed by atoms with Gasteiger partial charge in [-0.05, 0) is 56.8 Å². The second-order valence-corrected chi connectivity index (χ2v) is 8.57. The van der Waals surface area contributed by atoms with E-state index in [1.54, 1.807) is 6.92 Å². The highest BCUT2D eigenvalue weighted by atomic mass is 16.6. The Morgan fingerprint density at radius 1 is 1.21 bits per heavy atom. The molecule has 0 radical (unpaired) electrons. The summed E-state index contributed by atoms with van der Waals surface area (Å²) in [4.78, 5) is 11.5. The van der Waals surface area contributed by atoms with Crippen LogP contribution in [0.4, 0.5) is 0 Å². The van der Waals surface area contributed by atoms with Gasteiger partial charge in [-0.25, -0.2) is 4.79 Å². The molecule has 4 nitrogen and oxygen atoms in total. The Morgan fingerprint density at radius 2 is 1.88 bits per heavy atom. The topological polar surface area (TPSA) is 44.8 Å². The van der Waals surface area contributed by atoms with Crippen LogP contribution in [0, 0.1) is 16.7 Å². The summed E-state index contributed by atoms with van der Waals surface area (Å²) < 4.78 is 17.2. The van der Waals surface area contributed by atoms with Crippen LogP contribution in [0.3, 0.4) is 0 Å². The van der Waals surface area contributed by atoms with E-state index in [9.17, 15) is 4.79 Å². The summed E-state index contributed by atoms with van der Waals surface area (Å²) in [6.45, 7) is 17.2. The third-order valence-electron chi connectivity index (χ3n) is 6.52. The van der Waals surface area contributed by atoms with Crippen LogP contribution in [0.2, 0.25) is 0 Å². The van der Waals surface area contributed by atoms with E-state index in [-0.39, 0.29) is 23.6 Å². The normalized spacial score (nSPS) is 33.2. The van der Waals surface area contributed by atoms with E-state index in [0.29, 0.717) is 30.3 Å². The van der Waals surface area contributed by atoms with Gasteiger partial charge in [0.15, 0.2) is 0 Å². The van der Waals surface area contributed by atoms with Gasteiger partial charge in [0.2, 0.25) is 0 Å². The molecule has 0 aliphatic heterocycles. The van der Waals surface area contributed by atoms with E-state index < -0.39 is 0 Å². The van der Waals surface area contributed by atoms with Gasteiger partial charge in [0, 0.05) is 5.57 Å². The first-order valence-corrected chi connectivity index (χ1v) is 9.17. The maximum Gasteiger partial charge on any atom is 0.333 e. The van der Waals surface area contributed by atoms with E-state index in [2.05, 4.69) is 27.4 Å². The molecule has 2 aliphatic carbocycles. The van der Waals surface area contributed by atoms with Crippen molar-refractivity contribution >= 4 is 5.97 Å². The van der Waals surface area contributed by atoms with Crippen LogP contribution in [0.1, 0.15) is 60.8 Å². The van der Waals surface area contributed by atoms with Gasteiger partial charge >= 0.3 is 5.97 Å². The number of fused-ring (bicyclic) bond motifs is 2. The Labute approximate surface area is 146 Å². The zero-order valence-electron chi connectivity index (χ0n) is 16.2. The zero-order chi connectivity index (χ0) is 18.1. The molecule has 0 aromatic carbocycles. The van der Waals surface area contributed by atoms with Crippen molar-refractivity contribution in [1.82, 2.24) is 0 Å². The third kappa shape index (κ3) is 3.70. The number of carbonyl (C=O) groups is 1. The first-order chi connectivity index (χ1) is 11.1. The van der Waals surface area contributed by atoms with Gasteiger partial charge in [0.25, 0.3) is 0 Å². The van der Waals surface area contributed by atoms with E-state index in [0.717, 1.165) is 5.92 Å². The van der Waals surface area contributed by atoms with Gasteiger partial charge in [-0.3, -0.25) is 0 Å². The van der Waals surface area contributed by atoms with Crippen molar-refractivity contribution in [3.05, 3.63) is 12.2 Å². The Kier molecular flexibility index (Phi) is 5.81. The molecule has 0 aromatic heterocycles. The molecule has 0 amide bonds. The number of hydrogen-bond acceptors (Lipinski definition) is 4. The van der Waals surface area contributed by atoms with Crippen molar-refractivity contribution in [2.24, 2.45) is 16.7 Å². The van der Waals surface area contributed by atoms with Crippen LogP contribution in [-0.4, -0.2) is 37.5 Å². The van der Waals surface area contributed by atoms with Gasteiger partial charge in [-0.15, -0.1) is 0 Å². The first kappa shape index (κ1) is 19.5. The molecular weight excluding hydrogens is 304 g/mol. The summed E-state index contributed by atoms with van der Waals surface area (Å²) in [5.41, 5.74) is 1.06. The molecule has 4 heteroatoms. The van der Waals surface area contributed by atoms with Crippen LogP contribution in [-0.2, 0) is 19.0 Å². The summed E-state index contributed by atoms with van der Waals surface area (Å²) in [6, 6.07) is 0. The summed E-state index contributed by atoms with van der Waals surface area (Å²) in [6.07, 6.45) is 3.80. The Hall–Kier alpha value is -0.870. The number of carbonyl (C=O) groups excluding carboxylic acids is 1. The SMILES string of the molecule is C=C(C)C(=O)OC(C)COC(C)COC1CC2CCC1(C)C2(C)C. The van der Waals surface area contributed by atoms with Crippen molar-refractivity contribution in [2.75, 3.05) is 13.2 Å². The lowest BCUT2D eigenvalue weighted by molar-refractivity contribution is -0.148. The van der Waals surface area contributed by atoms with E-state index in [1.807, 2.05) is 13.8 Å². The fraction of sp³-hybridized carbons (Fsp3) is 0.850. The molecular formula is C20H34O4. The van der Waals surface area contributed by atoms with Gasteiger partial charge in [-0.1, -0.05) is 27.4 Å². The minimum Gasteiger partial charge on any atom is -0.457 e. The van der Waals surface area contributed by atoms with Crippen molar-refractivity contribution in [1.29, 1.82) is 0 Å². The predicted octanol–water partition coefficient (Wildman–Crippen LogP) is 4.13. The Morgan fingerprint density at radius 3 is 2.38 bits per heavy atom. The molecule has 0 saturated heterocycles. The lowest BCUT2D eigenvalue weighted by Crippen LogP contribution is -2.38. The molecule has 0 heterocycles. The quantitative estimate of drug-likeness (QED) is 0.493. The fourth-order valence-corrected chi connectivity index (χ4v) is 4.30. The molecule has 2 bridgehead atoms. The largest absolute Gasteiger partial charge is 0.457 e. The predicted molar refractivity (Wildman–Crippen MR) is 94.8 cm³/mol. The van der Waals surface area contributed by atoms with E-state index in [4.69, 9.17) is 14.2 Å². The molecule has 24 heavy (non-hydrogen) atoms. The zero-order valence-corrected chi connectivity index (χ0v) is 16.2. The molecule has 2 rings (SSSR count). The first-order valence-electron chi connectivity index (χ1n) is 9.17.